The van der Waals surface area contributed by atoms with Gasteiger partial charge in [0.15, 0.2) is 0 Å². The Labute approximate surface area is 174 Å². The number of carbonyl (C=O) groups is 1. The summed E-state index contributed by atoms with van der Waals surface area (Å²) in [5.41, 5.74) is 4.54. The molecule has 0 radical (unpaired) electrons. The van der Waals surface area contributed by atoms with Crippen molar-refractivity contribution >= 4 is 28.9 Å². The van der Waals surface area contributed by atoms with E-state index < -0.39 is 5.56 Å². The van der Waals surface area contributed by atoms with Crippen LogP contribution in [0, 0.1) is 20.8 Å². The number of amides is 1. The lowest BCUT2D eigenvalue weighted by molar-refractivity contribution is -0.114. The van der Waals surface area contributed by atoms with Crippen LogP contribution in [0.15, 0.2) is 53.5 Å². The zero-order chi connectivity index (χ0) is 21.1. The molecule has 0 spiro atoms. The van der Waals surface area contributed by atoms with E-state index >= 15 is 0 Å². The topological polar surface area (TPSA) is 67.2 Å². The lowest BCUT2D eigenvalue weighted by Crippen LogP contribution is -2.33. The predicted molar refractivity (Wildman–Crippen MR) is 117 cm³/mol. The minimum atomic E-state index is -0.437. The predicted octanol–water partition coefficient (Wildman–Crippen LogP) is 3.89. The second-order valence-corrected chi connectivity index (χ2v) is 7.45. The molecule has 6 nitrogen and oxygen atoms in total. The quantitative estimate of drug-likeness (QED) is 0.693. The summed E-state index contributed by atoms with van der Waals surface area (Å²) in [6, 6.07) is 13.1. The first-order valence-corrected chi connectivity index (χ1v) is 9.58. The number of hydrogen-bond donors (Lipinski definition) is 1. The summed E-state index contributed by atoms with van der Waals surface area (Å²) in [7, 11) is 1.70. The van der Waals surface area contributed by atoms with E-state index in [9.17, 15) is 9.59 Å². The third kappa shape index (κ3) is 4.49. The van der Waals surface area contributed by atoms with Crippen LogP contribution in [0.5, 0.6) is 0 Å². The first-order chi connectivity index (χ1) is 13.8. The van der Waals surface area contributed by atoms with E-state index in [1.165, 1.54) is 10.9 Å². The molecule has 150 valence electrons. The van der Waals surface area contributed by atoms with Gasteiger partial charge in [-0.25, -0.2) is 0 Å². The highest BCUT2D eigenvalue weighted by atomic mass is 35.5. The fraction of sp³-hybridized carbons (Fsp3) is 0.227. The second kappa shape index (κ2) is 8.49. The molecule has 0 saturated carbocycles. The van der Waals surface area contributed by atoms with Gasteiger partial charge in [-0.3, -0.25) is 9.59 Å². The summed E-state index contributed by atoms with van der Waals surface area (Å²) >= 11 is 6.31. The molecule has 2 aromatic carbocycles. The lowest BCUT2D eigenvalue weighted by atomic mass is 10.1. The number of aryl methyl sites for hydroxylation is 3. The maximum Gasteiger partial charge on any atom is 0.292 e. The van der Waals surface area contributed by atoms with Crippen molar-refractivity contribution in [2.24, 2.45) is 0 Å². The van der Waals surface area contributed by atoms with Crippen molar-refractivity contribution < 1.29 is 4.79 Å². The number of anilines is 2. The molecule has 3 rings (SSSR count). The number of carbonyl (C=O) groups excluding carboxylic acids is 1. The van der Waals surface area contributed by atoms with Crippen molar-refractivity contribution in [2.75, 3.05) is 23.8 Å². The van der Waals surface area contributed by atoms with E-state index in [2.05, 4.69) is 10.4 Å². The molecule has 0 fully saturated rings. The van der Waals surface area contributed by atoms with Crippen molar-refractivity contribution in [3.8, 4) is 5.69 Å². The van der Waals surface area contributed by atoms with Crippen LogP contribution in [0.4, 0.5) is 11.4 Å². The standard InChI is InChI=1S/C22H23ClN4O2/c1-14-10-15(2)21(16(3)11-14)25-19(28)13-26(4)18-12-24-27(22(29)20(18)23)17-8-6-5-7-9-17/h5-12H,13H2,1-4H3,(H,25,28). The van der Waals surface area contributed by atoms with E-state index in [1.54, 1.807) is 24.1 Å². The summed E-state index contributed by atoms with van der Waals surface area (Å²) < 4.78 is 1.23. The Morgan fingerprint density at radius 1 is 1.14 bits per heavy atom. The molecule has 29 heavy (non-hydrogen) atoms. The Morgan fingerprint density at radius 3 is 2.38 bits per heavy atom. The zero-order valence-corrected chi connectivity index (χ0v) is 17.6. The lowest BCUT2D eigenvalue weighted by Gasteiger charge is -2.21. The highest BCUT2D eigenvalue weighted by Gasteiger charge is 2.17. The number of rotatable bonds is 5. The van der Waals surface area contributed by atoms with Crippen molar-refractivity contribution in [3.05, 3.63) is 80.7 Å². The second-order valence-electron chi connectivity index (χ2n) is 7.07. The minimum Gasteiger partial charge on any atom is -0.363 e. The smallest absolute Gasteiger partial charge is 0.292 e. The first-order valence-electron chi connectivity index (χ1n) is 9.20. The van der Waals surface area contributed by atoms with Crippen molar-refractivity contribution in [2.45, 2.75) is 20.8 Å². The van der Waals surface area contributed by atoms with Gasteiger partial charge in [0.05, 0.1) is 24.1 Å². The summed E-state index contributed by atoms with van der Waals surface area (Å²) in [4.78, 5) is 26.8. The normalized spacial score (nSPS) is 10.7. The number of nitrogens with one attached hydrogen (secondary N) is 1. The van der Waals surface area contributed by atoms with E-state index in [0.29, 0.717) is 11.4 Å². The van der Waals surface area contributed by atoms with E-state index in [0.717, 1.165) is 22.4 Å². The first kappa shape index (κ1) is 20.6. The van der Waals surface area contributed by atoms with Crippen molar-refractivity contribution in [3.63, 3.8) is 0 Å². The van der Waals surface area contributed by atoms with Gasteiger partial charge in [-0.2, -0.15) is 9.78 Å². The number of halogens is 1. The molecule has 1 aromatic heterocycles. The third-order valence-electron chi connectivity index (χ3n) is 4.63. The molecule has 0 aliphatic rings. The van der Waals surface area contributed by atoms with Gasteiger partial charge in [0, 0.05) is 12.7 Å². The Bertz CT molecular complexity index is 1090. The largest absolute Gasteiger partial charge is 0.363 e. The van der Waals surface area contributed by atoms with E-state index in [4.69, 9.17) is 11.6 Å². The molecule has 0 aliphatic carbocycles. The van der Waals surface area contributed by atoms with Gasteiger partial charge in [-0.1, -0.05) is 47.5 Å². The summed E-state index contributed by atoms with van der Waals surface area (Å²) in [6.07, 6.45) is 1.49. The van der Waals surface area contributed by atoms with Gasteiger partial charge >= 0.3 is 0 Å². The monoisotopic (exact) mass is 410 g/mol. The van der Waals surface area contributed by atoms with Gasteiger partial charge < -0.3 is 10.2 Å². The van der Waals surface area contributed by atoms with Gasteiger partial charge in [-0.05, 0) is 44.0 Å². The molecule has 0 unspecified atom stereocenters. The van der Waals surface area contributed by atoms with Crippen molar-refractivity contribution in [1.82, 2.24) is 9.78 Å². The number of hydrogen-bond acceptors (Lipinski definition) is 4. The van der Waals surface area contributed by atoms with Crippen molar-refractivity contribution in [1.29, 1.82) is 0 Å². The van der Waals surface area contributed by atoms with Crippen LogP contribution in [0.25, 0.3) is 5.69 Å². The average molecular weight is 411 g/mol. The number of aromatic nitrogens is 2. The zero-order valence-electron chi connectivity index (χ0n) is 16.9. The third-order valence-corrected chi connectivity index (χ3v) is 4.99. The Hall–Kier alpha value is -3.12. The van der Waals surface area contributed by atoms with E-state index in [-0.39, 0.29) is 17.5 Å². The minimum absolute atomic E-state index is 0.0156. The SMILES string of the molecule is Cc1cc(C)c(NC(=O)CN(C)c2cnn(-c3ccccc3)c(=O)c2Cl)c(C)c1. The fourth-order valence-corrected chi connectivity index (χ4v) is 3.57. The Kier molecular flexibility index (Phi) is 6.03. The summed E-state index contributed by atoms with van der Waals surface area (Å²) in [5.74, 6) is -0.203. The molecule has 3 aromatic rings. The Morgan fingerprint density at radius 2 is 1.76 bits per heavy atom. The molecule has 0 aliphatic heterocycles. The van der Waals surface area contributed by atoms with Crippen LogP contribution in [-0.2, 0) is 4.79 Å². The van der Waals surface area contributed by atoms with E-state index in [1.807, 2.05) is 51.1 Å². The van der Waals surface area contributed by atoms with Crippen LogP contribution >= 0.6 is 11.6 Å². The van der Waals surface area contributed by atoms with Gasteiger partial charge in [-0.15, -0.1) is 0 Å². The molecular weight excluding hydrogens is 388 g/mol. The molecule has 1 heterocycles. The number of para-hydroxylation sites is 1. The fourth-order valence-electron chi connectivity index (χ4n) is 3.30. The van der Waals surface area contributed by atoms with Crippen LogP contribution in [0.3, 0.4) is 0 Å². The van der Waals surface area contributed by atoms with Gasteiger partial charge in [0.1, 0.15) is 5.02 Å². The highest BCUT2D eigenvalue weighted by Crippen LogP contribution is 2.23. The maximum atomic E-state index is 12.6. The number of benzene rings is 2. The van der Waals surface area contributed by atoms with Crippen LogP contribution in [-0.4, -0.2) is 29.3 Å². The molecule has 7 heteroatoms. The number of likely N-dealkylation sites (N-methyl/N-ethyl adjacent to an activating group) is 1. The summed E-state index contributed by atoms with van der Waals surface area (Å²) in [6.45, 7) is 5.97. The molecule has 1 N–H and O–H groups in total. The number of nitrogens with zero attached hydrogens (tertiary/aromatic N) is 3. The average Bonchev–Trinajstić information content (AvgIpc) is 2.67. The van der Waals surface area contributed by atoms with Crippen LogP contribution in [0.1, 0.15) is 16.7 Å². The Balaban J connectivity index is 1.79. The molecule has 0 bridgehead atoms. The molecule has 0 saturated heterocycles. The van der Waals surface area contributed by atoms with Gasteiger partial charge in [0.2, 0.25) is 5.91 Å². The molecular formula is C22H23ClN4O2. The van der Waals surface area contributed by atoms with Crippen LogP contribution < -0.4 is 15.8 Å². The molecule has 0 atom stereocenters. The maximum absolute atomic E-state index is 12.6. The van der Waals surface area contributed by atoms with Gasteiger partial charge in [0.25, 0.3) is 5.56 Å². The van der Waals surface area contributed by atoms with Crippen LogP contribution in [0.2, 0.25) is 5.02 Å². The summed E-state index contributed by atoms with van der Waals surface area (Å²) in [5, 5.41) is 7.17. The molecule has 1 amide bonds. The highest BCUT2D eigenvalue weighted by molar-refractivity contribution is 6.33.